The summed E-state index contributed by atoms with van der Waals surface area (Å²) >= 11 is 0. The molecular weight excluding hydrogens is 795 g/mol. The first-order valence-corrected chi connectivity index (χ1v) is 23.5. The molecule has 0 bridgehead atoms. The summed E-state index contributed by atoms with van der Waals surface area (Å²) in [6.07, 6.45) is 11.4. The SMILES string of the molecule is NCCCC[C@H](NC(=O)[C@H](CCCCCCCCN1C(=O)c2ccccc2C1=O)C1CCCC1)C(=O)N[C@@H](Cc1ccccc1)C(=O)C(=O)NCCS(=O)(=O)c1ccccc1. The first-order chi connectivity index (χ1) is 29.5. The number of carbonyl (C=O) groups is 6. The summed E-state index contributed by atoms with van der Waals surface area (Å²) in [4.78, 5) is 81.8. The number of nitrogens with zero attached hydrogens (tertiary/aromatic N) is 1. The number of carbonyl (C=O) groups excluding carboxylic acids is 6. The molecule has 0 saturated heterocycles. The number of hydrogen-bond donors (Lipinski definition) is 4. The van der Waals surface area contributed by atoms with Crippen molar-refractivity contribution in [2.75, 3.05) is 25.4 Å². The summed E-state index contributed by atoms with van der Waals surface area (Å²) in [6, 6.07) is 21.4. The predicted molar refractivity (Wildman–Crippen MR) is 233 cm³/mol. The zero-order valence-electron chi connectivity index (χ0n) is 35.0. The van der Waals surface area contributed by atoms with E-state index in [0.717, 1.165) is 64.2 Å². The lowest BCUT2D eigenvalue weighted by Gasteiger charge is -2.27. The summed E-state index contributed by atoms with van der Waals surface area (Å²) in [5, 5.41) is 8.23. The van der Waals surface area contributed by atoms with Crippen LogP contribution in [0.3, 0.4) is 0 Å². The van der Waals surface area contributed by atoms with Crippen molar-refractivity contribution in [2.24, 2.45) is 17.6 Å². The van der Waals surface area contributed by atoms with Crippen LogP contribution >= 0.6 is 0 Å². The fourth-order valence-electron chi connectivity index (χ4n) is 8.39. The predicted octanol–water partition coefficient (Wildman–Crippen LogP) is 5.32. The van der Waals surface area contributed by atoms with Crippen molar-refractivity contribution in [1.82, 2.24) is 20.9 Å². The molecule has 1 fully saturated rings. The molecule has 0 unspecified atom stereocenters. The van der Waals surface area contributed by atoms with E-state index in [1.807, 2.05) is 6.07 Å². The smallest absolute Gasteiger partial charge is 0.289 e. The quantitative estimate of drug-likeness (QED) is 0.0469. The molecule has 1 aliphatic carbocycles. The Labute approximate surface area is 359 Å². The fourth-order valence-corrected chi connectivity index (χ4v) is 9.56. The van der Waals surface area contributed by atoms with Gasteiger partial charge in [0.15, 0.2) is 9.84 Å². The van der Waals surface area contributed by atoms with Crippen molar-refractivity contribution < 1.29 is 37.2 Å². The van der Waals surface area contributed by atoms with Crippen LogP contribution in [-0.2, 0) is 35.4 Å². The summed E-state index contributed by atoms with van der Waals surface area (Å²) in [5.41, 5.74) is 7.41. The van der Waals surface area contributed by atoms with Crippen molar-refractivity contribution >= 4 is 45.2 Å². The number of unbranched alkanes of at least 4 members (excludes halogenated alkanes) is 6. The highest BCUT2D eigenvalue weighted by atomic mass is 32.2. The first-order valence-electron chi connectivity index (χ1n) is 21.9. The van der Waals surface area contributed by atoms with Gasteiger partial charge in [0.2, 0.25) is 17.6 Å². The number of fused-ring (bicyclic) bond motifs is 1. The van der Waals surface area contributed by atoms with E-state index >= 15 is 0 Å². The Bertz CT molecular complexity index is 2020. The Morgan fingerprint density at radius 1 is 0.672 bits per heavy atom. The summed E-state index contributed by atoms with van der Waals surface area (Å²) in [6.45, 7) is 0.504. The molecule has 1 heterocycles. The maximum Gasteiger partial charge on any atom is 0.289 e. The molecular formula is C47H61N5O8S. The zero-order valence-corrected chi connectivity index (χ0v) is 35.8. The second-order valence-corrected chi connectivity index (χ2v) is 18.3. The number of benzene rings is 3. The lowest BCUT2D eigenvalue weighted by atomic mass is 9.85. The molecule has 0 radical (unpaired) electrons. The highest BCUT2D eigenvalue weighted by Crippen LogP contribution is 2.35. The van der Waals surface area contributed by atoms with Gasteiger partial charge < -0.3 is 21.7 Å². The van der Waals surface area contributed by atoms with E-state index < -0.39 is 45.3 Å². The van der Waals surface area contributed by atoms with Crippen LogP contribution in [0.1, 0.15) is 116 Å². The van der Waals surface area contributed by atoms with Gasteiger partial charge in [0.1, 0.15) is 12.1 Å². The van der Waals surface area contributed by atoms with E-state index in [-0.39, 0.29) is 47.4 Å². The normalized spacial score (nSPS) is 15.5. The second-order valence-electron chi connectivity index (χ2n) is 16.2. The molecule has 2 aliphatic rings. The van der Waals surface area contributed by atoms with Crippen LogP contribution < -0.4 is 21.7 Å². The summed E-state index contributed by atoms with van der Waals surface area (Å²) in [7, 11) is -3.71. The molecule has 5 N–H and O–H groups in total. The topological polar surface area (TPSA) is 202 Å². The Hall–Kier alpha value is -5.21. The standard InChI is InChI=1S/C47H61N5O8S/c48-29-17-16-28-40(44(55)51-41(33-34-19-7-5-8-20-34)42(53)45(56)49-30-32-61(59,60)36-23-9-6-10-24-36)50-43(54)37(35-21-12-13-22-35)25-11-3-1-2-4-18-31-52-46(57)38-26-14-15-27-39(38)47(52)58/h5-10,14-15,19-20,23-24,26-27,35,37,40-41H,1-4,11-13,16-18,21-22,25,28-33,48H2,(H,49,56)(H,50,54)(H,51,55)/t37-,40+,41+/m1/s1. The van der Waals surface area contributed by atoms with Crippen molar-refractivity contribution in [1.29, 1.82) is 0 Å². The van der Waals surface area contributed by atoms with E-state index in [0.29, 0.717) is 55.5 Å². The van der Waals surface area contributed by atoms with Crippen LogP contribution in [0.4, 0.5) is 0 Å². The third-order valence-corrected chi connectivity index (χ3v) is 13.5. The molecule has 3 aromatic carbocycles. The molecule has 3 atom stereocenters. The van der Waals surface area contributed by atoms with Crippen LogP contribution in [-0.4, -0.2) is 86.1 Å². The third-order valence-electron chi connectivity index (χ3n) is 11.8. The van der Waals surface area contributed by atoms with Crippen LogP contribution in [0.5, 0.6) is 0 Å². The average Bonchev–Trinajstić information content (AvgIpc) is 3.89. The van der Waals surface area contributed by atoms with Gasteiger partial charge in [-0.1, -0.05) is 106 Å². The van der Waals surface area contributed by atoms with Gasteiger partial charge in [-0.3, -0.25) is 33.7 Å². The number of imide groups is 1. The Morgan fingerprint density at radius 3 is 1.87 bits per heavy atom. The summed E-state index contributed by atoms with van der Waals surface area (Å²) in [5.74, 6) is -3.66. The van der Waals surface area contributed by atoms with Gasteiger partial charge in [-0.25, -0.2) is 8.42 Å². The molecule has 1 saturated carbocycles. The number of Topliss-reactive ketones (excluding diaryl/α,β-unsaturated/α-hetero) is 1. The van der Waals surface area contributed by atoms with E-state index in [1.165, 1.54) is 17.0 Å². The second kappa shape index (κ2) is 23.7. The van der Waals surface area contributed by atoms with Gasteiger partial charge in [-0.15, -0.1) is 0 Å². The minimum atomic E-state index is -3.71. The fraction of sp³-hybridized carbons (Fsp3) is 0.489. The van der Waals surface area contributed by atoms with E-state index in [1.54, 1.807) is 66.7 Å². The van der Waals surface area contributed by atoms with Gasteiger partial charge >= 0.3 is 0 Å². The van der Waals surface area contributed by atoms with Gasteiger partial charge in [0.05, 0.1) is 21.8 Å². The minimum Gasteiger partial charge on any atom is -0.348 e. The van der Waals surface area contributed by atoms with Crippen molar-refractivity contribution in [3.8, 4) is 0 Å². The molecule has 3 aromatic rings. The largest absolute Gasteiger partial charge is 0.348 e. The monoisotopic (exact) mass is 855 g/mol. The Balaban J connectivity index is 1.15. The van der Waals surface area contributed by atoms with Crippen LogP contribution in [0.15, 0.2) is 89.8 Å². The zero-order chi connectivity index (χ0) is 43.6. The van der Waals surface area contributed by atoms with Crippen molar-refractivity contribution in [2.45, 2.75) is 113 Å². The molecule has 0 aromatic heterocycles. The number of amides is 5. The van der Waals surface area contributed by atoms with Crippen LogP contribution in [0.25, 0.3) is 0 Å². The van der Waals surface area contributed by atoms with Gasteiger partial charge in [-0.05, 0) is 87.2 Å². The molecule has 61 heavy (non-hydrogen) atoms. The van der Waals surface area contributed by atoms with Gasteiger partial charge in [0.25, 0.3) is 17.7 Å². The van der Waals surface area contributed by atoms with Crippen LogP contribution in [0.2, 0.25) is 0 Å². The van der Waals surface area contributed by atoms with Crippen LogP contribution in [0, 0.1) is 11.8 Å². The van der Waals surface area contributed by atoms with Crippen molar-refractivity contribution in [3.05, 3.63) is 102 Å². The molecule has 13 nitrogen and oxygen atoms in total. The minimum absolute atomic E-state index is 0.0120. The number of hydrogen-bond acceptors (Lipinski definition) is 9. The third kappa shape index (κ3) is 13.6. The molecule has 328 valence electrons. The van der Waals surface area contributed by atoms with Crippen molar-refractivity contribution in [3.63, 3.8) is 0 Å². The lowest BCUT2D eigenvalue weighted by molar-refractivity contribution is -0.140. The van der Waals surface area contributed by atoms with E-state index in [2.05, 4.69) is 16.0 Å². The Kier molecular flexibility index (Phi) is 18.2. The van der Waals surface area contributed by atoms with Gasteiger partial charge in [-0.2, -0.15) is 0 Å². The number of sulfone groups is 1. The molecule has 0 spiro atoms. The van der Waals surface area contributed by atoms with Gasteiger partial charge in [0, 0.05) is 25.4 Å². The number of rotatable bonds is 26. The average molecular weight is 856 g/mol. The highest BCUT2D eigenvalue weighted by Gasteiger charge is 2.36. The lowest BCUT2D eigenvalue weighted by Crippen LogP contribution is -2.55. The number of ketones is 1. The maximum absolute atomic E-state index is 14.1. The molecule has 14 heteroatoms. The van der Waals surface area contributed by atoms with E-state index in [9.17, 15) is 37.2 Å². The Morgan fingerprint density at radius 2 is 1.23 bits per heavy atom. The maximum atomic E-state index is 14.1. The molecule has 1 aliphatic heterocycles. The number of nitrogens with two attached hydrogens (primary N) is 1. The molecule has 5 amide bonds. The summed E-state index contributed by atoms with van der Waals surface area (Å²) < 4.78 is 25.5. The molecule has 5 rings (SSSR count). The van der Waals surface area contributed by atoms with E-state index in [4.69, 9.17) is 5.73 Å². The number of nitrogens with one attached hydrogen (secondary N) is 3. The highest BCUT2D eigenvalue weighted by molar-refractivity contribution is 7.91. The first kappa shape index (κ1) is 46.8.